The van der Waals surface area contributed by atoms with Crippen molar-refractivity contribution in [3.8, 4) is 0 Å². The van der Waals surface area contributed by atoms with Crippen LogP contribution in [0, 0.1) is 5.92 Å². The molecule has 0 spiro atoms. The molecule has 1 atom stereocenters. The van der Waals surface area contributed by atoms with E-state index in [9.17, 15) is 8.78 Å². The summed E-state index contributed by atoms with van der Waals surface area (Å²) in [5, 5.41) is 3.37. The van der Waals surface area contributed by atoms with E-state index in [1.165, 1.54) is 6.07 Å². The van der Waals surface area contributed by atoms with Gasteiger partial charge >= 0.3 is 0 Å². The highest BCUT2D eigenvalue weighted by Crippen LogP contribution is 2.19. The molecule has 0 aliphatic carbocycles. The first kappa shape index (κ1) is 16.1. The lowest BCUT2D eigenvalue weighted by Gasteiger charge is -2.22. The van der Waals surface area contributed by atoms with E-state index in [1.807, 2.05) is 13.0 Å². The molecule has 1 unspecified atom stereocenters. The summed E-state index contributed by atoms with van der Waals surface area (Å²) >= 11 is 0. The SMILES string of the molecule is CCOCC(NCc1cccc(C(F)F)c1)C(C)C. The number of halogens is 2. The Labute approximate surface area is 114 Å². The van der Waals surface area contributed by atoms with Crippen molar-refractivity contribution in [2.24, 2.45) is 5.92 Å². The number of nitrogens with one attached hydrogen (secondary N) is 1. The lowest BCUT2D eigenvalue weighted by molar-refractivity contribution is 0.108. The summed E-state index contributed by atoms with van der Waals surface area (Å²) in [6.45, 7) is 8.10. The Kier molecular flexibility index (Phi) is 6.95. The van der Waals surface area contributed by atoms with Gasteiger partial charge in [-0.1, -0.05) is 32.0 Å². The maximum Gasteiger partial charge on any atom is 0.263 e. The van der Waals surface area contributed by atoms with Crippen LogP contribution in [0.15, 0.2) is 24.3 Å². The Bertz CT molecular complexity index is 369. The van der Waals surface area contributed by atoms with E-state index in [0.29, 0.717) is 25.7 Å². The second kappa shape index (κ2) is 8.23. The van der Waals surface area contributed by atoms with Gasteiger partial charge in [0.15, 0.2) is 0 Å². The highest BCUT2D eigenvalue weighted by molar-refractivity contribution is 5.24. The molecule has 1 aromatic carbocycles. The molecular weight excluding hydrogens is 248 g/mol. The molecule has 1 N–H and O–H groups in total. The van der Waals surface area contributed by atoms with E-state index >= 15 is 0 Å². The predicted octanol–water partition coefficient (Wildman–Crippen LogP) is 3.77. The van der Waals surface area contributed by atoms with Crippen LogP contribution in [0.5, 0.6) is 0 Å². The van der Waals surface area contributed by atoms with E-state index in [1.54, 1.807) is 12.1 Å². The summed E-state index contributed by atoms with van der Waals surface area (Å²) in [4.78, 5) is 0. The predicted molar refractivity (Wildman–Crippen MR) is 73.4 cm³/mol. The van der Waals surface area contributed by atoms with Crippen LogP contribution < -0.4 is 5.32 Å². The van der Waals surface area contributed by atoms with Gasteiger partial charge in [-0.3, -0.25) is 0 Å². The van der Waals surface area contributed by atoms with Gasteiger partial charge in [0.1, 0.15) is 0 Å². The Morgan fingerprint density at radius 3 is 2.58 bits per heavy atom. The third-order valence-electron chi connectivity index (χ3n) is 3.08. The third kappa shape index (κ3) is 5.66. The average Bonchev–Trinajstić information content (AvgIpc) is 2.38. The highest BCUT2D eigenvalue weighted by Gasteiger charge is 2.13. The minimum Gasteiger partial charge on any atom is -0.380 e. The number of rotatable bonds is 8. The van der Waals surface area contributed by atoms with Crippen molar-refractivity contribution < 1.29 is 13.5 Å². The largest absolute Gasteiger partial charge is 0.380 e. The van der Waals surface area contributed by atoms with Crippen molar-refractivity contribution in [2.75, 3.05) is 13.2 Å². The summed E-state index contributed by atoms with van der Waals surface area (Å²) in [7, 11) is 0. The second-order valence-corrected chi connectivity index (χ2v) is 4.94. The van der Waals surface area contributed by atoms with Crippen molar-refractivity contribution in [3.05, 3.63) is 35.4 Å². The van der Waals surface area contributed by atoms with Crippen LogP contribution in [-0.2, 0) is 11.3 Å². The fourth-order valence-corrected chi connectivity index (χ4v) is 1.82. The van der Waals surface area contributed by atoms with E-state index in [2.05, 4.69) is 19.2 Å². The fourth-order valence-electron chi connectivity index (χ4n) is 1.82. The fraction of sp³-hybridized carbons (Fsp3) is 0.600. The zero-order valence-corrected chi connectivity index (χ0v) is 11.8. The van der Waals surface area contributed by atoms with Crippen LogP contribution in [-0.4, -0.2) is 19.3 Å². The average molecular weight is 271 g/mol. The summed E-state index contributed by atoms with van der Waals surface area (Å²) in [5.74, 6) is 0.435. The number of hydrogen-bond donors (Lipinski definition) is 1. The number of alkyl halides is 2. The summed E-state index contributed by atoms with van der Waals surface area (Å²) < 4.78 is 30.6. The molecule has 0 aromatic heterocycles. The molecule has 0 aliphatic rings. The van der Waals surface area contributed by atoms with E-state index in [0.717, 1.165) is 5.56 Å². The molecular formula is C15H23F2NO. The summed E-state index contributed by atoms with van der Waals surface area (Å²) in [6, 6.07) is 6.77. The molecule has 0 saturated carbocycles. The van der Waals surface area contributed by atoms with Crippen molar-refractivity contribution in [1.29, 1.82) is 0 Å². The van der Waals surface area contributed by atoms with Crippen LogP contribution in [0.1, 0.15) is 38.3 Å². The van der Waals surface area contributed by atoms with Crippen molar-refractivity contribution in [3.63, 3.8) is 0 Å². The Hall–Kier alpha value is -1.00. The third-order valence-corrected chi connectivity index (χ3v) is 3.08. The van der Waals surface area contributed by atoms with Gasteiger partial charge in [0.2, 0.25) is 0 Å². The minimum atomic E-state index is -2.41. The monoisotopic (exact) mass is 271 g/mol. The van der Waals surface area contributed by atoms with Gasteiger partial charge in [-0.25, -0.2) is 8.78 Å². The van der Waals surface area contributed by atoms with Crippen molar-refractivity contribution in [2.45, 2.75) is 39.8 Å². The van der Waals surface area contributed by atoms with Gasteiger partial charge in [-0.15, -0.1) is 0 Å². The first-order valence-electron chi connectivity index (χ1n) is 6.72. The molecule has 0 aliphatic heterocycles. The molecule has 1 aromatic rings. The Morgan fingerprint density at radius 2 is 2.00 bits per heavy atom. The van der Waals surface area contributed by atoms with Crippen molar-refractivity contribution >= 4 is 0 Å². The minimum absolute atomic E-state index is 0.0743. The summed E-state index contributed by atoms with van der Waals surface area (Å²) in [6.07, 6.45) is -2.41. The maximum absolute atomic E-state index is 12.6. The molecule has 0 saturated heterocycles. The smallest absolute Gasteiger partial charge is 0.263 e. The molecule has 0 radical (unpaired) electrons. The lowest BCUT2D eigenvalue weighted by Crippen LogP contribution is -2.37. The highest BCUT2D eigenvalue weighted by atomic mass is 19.3. The van der Waals surface area contributed by atoms with E-state index in [-0.39, 0.29) is 11.6 Å². The maximum atomic E-state index is 12.6. The zero-order valence-electron chi connectivity index (χ0n) is 11.8. The molecule has 19 heavy (non-hydrogen) atoms. The topological polar surface area (TPSA) is 21.3 Å². The normalized spacial score (nSPS) is 13.2. The molecule has 0 heterocycles. The van der Waals surface area contributed by atoms with Crippen LogP contribution in [0.4, 0.5) is 8.78 Å². The first-order valence-corrected chi connectivity index (χ1v) is 6.72. The van der Waals surface area contributed by atoms with Gasteiger partial charge < -0.3 is 10.1 Å². The van der Waals surface area contributed by atoms with Gasteiger partial charge in [0.05, 0.1) is 6.61 Å². The Balaban J connectivity index is 2.56. The van der Waals surface area contributed by atoms with Crippen LogP contribution in [0.3, 0.4) is 0 Å². The van der Waals surface area contributed by atoms with E-state index < -0.39 is 6.43 Å². The van der Waals surface area contributed by atoms with Gasteiger partial charge in [0.25, 0.3) is 6.43 Å². The molecule has 0 amide bonds. The van der Waals surface area contributed by atoms with Crippen LogP contribution >= 0.6 is 0 Å². The number of benzene rings is 1. The van der Waals surface area contributed by atoms with E-state index in [4.69, 9.17) is 4.74 Å². The van der Waals surface area contributed by atoms with Crippen molar-refractivity contribution in [1.82, 2.24) is 5.32 Å². The zero-order chi connectivity index (χ0) is 14.3. The number of ether oxygens (including phenoxy) is 1. The van der Waals surface area contributed by atoms with Crippen LogP contribution in [0.25, 0.3) is 0 Å². The van der Waals surface area contributed by atoms with Gasteiger partial charge in [-0.05, 0) is 24.5 Å². The molecule has 4 heteroatoms. The molecule has 0 bridgehead atoms. The van der Waals surface area contributed by atoms with Crippen LogP contribution in [0.2, 0.25) is 0 Å². The van der Waals surface area contributed by atoms with Gasteiger partial charge in [0, 0.05) is 24.8 Å². The second-order valence-electron chi connectivity index (χ2n) is 4.94. The Morgan fingerprint density at radius 1 is 1.26 bits per heavy atom. The first-order chi connectivity index (χ1) is 9.04. The van der Waals surface area contributed by atoms with Gasteiger partial charge in [-0.2, -0.15) is 0 Å². The quantitative estimate of drug-likeness (QED) is 0.777. The molecule has 2 nitrogen and oxygen atoms in total. The number of hydrogen-bond acceptors (Lipinski definition) is 2. The molecule has 0 fully saturated rings. The molecule has 1 rings (SSSR count). The summed E-state index contributed by atoms with van der Waals surface area (Å²) in [5.41, 5.74) is 0.949. The lowest BCUT2D eigenvalue weighted by atomic mass is 10.0. The standard InChI is InChI=1S/C15H23F2NO/c1-4-19-10-14(11(2)3)18-9-12-6-5-7-13(8-12)15(16)17/h5-8,11,14-15,18H,4,9-10H2,1-3H3. The molecule has 108 valence electrons.